The van der Waals surface area contributed by atoms with Crippen LogP contribution in [0.5, 0.6) is 0 Å². The van der Waals surface area contributed by atoms with Crippen molar-refractivity contribution in [2.24, 2.45) is 5.92 Å². The Balaban J connectivity index is 1.44. The summed E-state index contributed by atoms with van der Waals surface area (Å²) in [7, 11) is 0. The molecular weight excluding hydrogens is 258 g/mol. The number of piperidine rings is 1. The van der Waals surface area contributed by atoms with Gasteiger partial charge in [-0.05, 0) is 50.1 Å². The van der Waals surface area contributed by atoms with Crippen LogP contribution in [0.4, 0.5) is 0 Å². The number of nitrogens with zero attached hydrogens (tertiary/aromatic N) is 2. The minimum atomic E-state index is -0.258. The van der Waals surface area contributed by atoms with E-state index in [1.165, 1.54) is 18.4 Å². The van der Waals surface area contributed by atoms with Crippen LogP contribution in [0.15, 0.2) is 30.3 Å². The van der Waals surface area contributed by atoms with Gasteiger partial charge in [-0.1, -0.05) is 30.3 Å². The molecule has 3 heteroatoms. The van der Waals surface area contributed by atoms with Crippen LogP contribution in [0.25, 0.3) is 0 Å². The standard InChI is InChI=1S/C18H25N3/c19-15-18(20-14-17-6-7-17)9-12-21(13-10-18)11-8-16-4-2-1-3-5-16/h1-5,17,20H,6-14H2. The van der Waals surface area contributed by atoms with Crippen molar-refractivity contribution in [2.75, 3.05) is 26.2 Å². The minimum absolute atomic E-state index is 0.258. The highest BCUT2D eigenvalue weighted by Crippen LogP contribution is 2.30. The lowest BCUT2D eigenvalue weighted by atomic mass is 9.88. The van der Waals surface area contributed by atoms with Crippen molar-refractivity contribution in [3.63, 3.8) is 0 Å². The van der Waals surface area contributed by atoms with Crippen molar-refractivity contribution in [2.45, 2.75) is 37.6 Å². The highest BCUT2D eigenvalue weighted by Gasteiger charge is 2.35. The number of hydrogen-bond acceptors (Lipinski definition) is 3. The van der Waals surface area contributed by atoms with E-state index < -0.39 is 0 Å². The Bertz CT molecular complexity index is 479. The molecular formula is C18H25N3. The van der Waals surface area contributed by atoms with Gasteiger partial charge in [0.25, 0.3) is 0 Å². The van der Waals surface area contributed by atoms with E-state index in [1.54, 1.807) is 0 Å². The van der Waals surface area contributed by atoms with E-state index in [-0.39, 0.29) is 5.54 Å². The Hall–Kier alpha value is -1.37. The second kappa shape index (κ2) is 6.60. The average molecular weight is 283 g/mol. The number of benzene rings is 1. The van der Waals surface area contributed by atoms with Gasteiger partial charge in [0.1, 0.15) is 5.54 Å². The van der Waals surface area contributed by atoms with E-state index >= 15 is 0 Å². The topological polar surface area (TPSA) is 39.1 Å². The number of likely N-dealkylation sites (tertiary alicyclic amines) is 1. The molecule has 0 radical (unpaired) electrons. The molecule has 1 aromatic rings. The van der Waals surface area contributed by atoms with Gasteiger partial charge in [0.15, 0.2) is 0 Å². The molecule has 0 amide bonds. The molecule has 0 aromatic heterocycles. The SMILES string of the molecule is N#CC1(NCC2CC2)CCN(CCc2ccccc2)CC1. The first-order valence-corrected chi connectivity index (χ1v) is 8.22. The summed E-state index contributed by atoms with van der Waals surface area (Å²) in [6.45, 7) is 4.22. The van der Waals surface area contributed by atoms with E-state index in [2.05, 4.69) is 46.6 Å². The van der Waals surface area contributed by atoms with Gasteiger partial charge in [-0.25, -0.2) is 0 Å². The second-order valence-electron chi connectivity index (χ2n) is 6.60. The zero-order valence-electron chi connectivity index (χ0n) is 12.7. The third kappa shape index (κ3) is 4.06. The van der Waals surface area contributed by atoms with Crippen LogP contribution in [0.3, 0.4) is 0 Å². The molecule has 2 aliphatic rings. The lowest BCUT2D eigenvalue weighted by molar-refractivity contribution is 0.167. The summed E-state index contributed by atoms with van der Waals surface area (Å²) in [5, 5.41) is 13.1. The van der Waals surface area contributed by atoms with Gasteiger partial charge < -0.3 is 4.90 Å². The van der Waals surface area contributed by atoms with E-state index in [0.717, 1.165) is 51.4 Å². The predicted molar refractivity (Wildman–Crippen MR) is 84.9 cm³/mol. The van der Waals surface area contributed by atoms with Crippen LogP contribution in [0.1, 0.15) is 31.2 Å². The maximum absolute atomic E-state index is 9.54. The van der Waals surface area contributed by atoms with Crippen molar-refractivity contribution < 1.29 is 0 Å². The Morgan fingerprint density at radius 2 is 1.90 bits per heavy atom. The largest absolute Gasteiger partial charge is 0.303 e. The monoisotopic (exact) mass is 283 g/mol. The highest BCUT2D eigenvalue weighted by atomic mass is 15.2. The molecule has 3 nitrogen and oxygen atoms in total. The lowest BCUT2D eigenvalue weighted by Crippen LogP contribution is -2.53. The zero-order chi connectivity index (χ0) is 14.5. The third-order valence-corrected chi connectivity index (χ3v) is 4.91. The van der Waals surface area contributed by atoms with Crippen molar-refractivity contribution in [1.82, 2.24) is 10.2 Å². The van der Waals surface area contributed by atoms with Gasteiger partial charge in [-0.2, -0.15) is 5.26 Å². The van der Waals surface area contributed by atoms with Crippen molar-refractivity contribution >= 4 is 0 Å². The number of rotatable bonds is 6. The molecule has 112 valence electrons. The molecule has 1 saturated heterocycles. The maximum atomic E-state index is 9.54. The van der Waals surface area contributed by atoms with Gasteiger partial charge in [0.05, 0.1) is 6.07 Å². The molecule has 1 aliphatic carbocycles. The lowest BCUT2D eigenvalue weighted by Gasteiger charge is -2.38. The molecule has 3 rings (SSSR count). The number of nitriles is 1. The summed E-state index contributed by atoms with van der Waals surface area (Å²) in [6.07, 6.45) is 5.72. The van der Waals surface area contributed by atoms with Gasteiger partial charge in [0, 0.05) is 19.6 Å². The first kappa shape index (κ1) is 14.6. The first-order chi connectivity index (χ1) is 10.3. The molecule has 0 bridgehead atoms. The van der Waals surface area contributed by atoms with E-state index in [0.29, 0.717) is 0 Å². The van der Waals surface area contributed by atoms with Crippen molar-refractivity contribution in [3.8, 4) is 6.07 Å². The van der Waals surface area contributed by atoms with Gasteiger partial charge in [-0.3, -0.25) is 5.32 Å². The fourth-order valence-electron chi connectivity index (χ4n) is 3.08. The molecule has 1 aliphatic heterocycles. The van der Waals surface area contributed by atoms with Gasteiger partial charge in [0.2, 0.25) is 0 Å². The quantitative estimate of drug-likeness (QED) is 0.872. The molecule has 0 atom stereocenters. The Morgan fingerprint density at radius 1 is 1.19 bits per heavy atom. The van der Waals surface area contributed by atoms with Gasteiger partial charge >= 0.3 is 0 Å². The Morgan fingerprint density at radius 3 is 2.52 bits per heavy atom. The van der Waals surface area contributed by atoms with Crippen LogP contribution in [0.2, 0.25) is 0 Å². The molecule has 1 N–H and O–H groups in total. The van der Waals surface area contributed by atoms with Crippen LogP contribution in [0, 0.1) is 17.2 Å². The summed E-state index contributed by atoms with van der Waals surface area (Å²) >= 11 is 0. The van der Waals surface area contributed by atoms with Crippen LogP contribution in [-0.4, -0.2) is 36.6 Å². The Labute approximate surface area is 128 Å². The van der Waals surface area contributed by atoms with Crippen LogP contribution < -0.4 is 5.32 Å². The maximum Gasteiger partial charge on any atom is 0.109 e. The second-order valence-corrected chi connectivity index (χ2v) is 6.60. The molecule has 0 spiro atoms. The van der Waals surface area contributed by atoms with Crippen molar-refractivity contribution in [1.29, 1.82) is 5.26 Å². The highest BCUT2D eigenvalue weighted by molar-refractivity contribution is 5.15. The van der Waals surface area contributed by atoms with Gasteiger partial charge in [-0.15, -0.1) is 0 Å². The van der Waals surface area contributed by atoms with Crippen molar-refractivity contribution in [3.05, 3.63) is 35.9 Å². The first-order valence-electron chi connectivity index (χ1n) is 8.22. The average Bonchev–Trinajstić information content (AvgIpc) is 3.37. The molecule has 21 heavy (non-hydrogen) atoms. The molecule has 2 fully saturated rings. The van der Waals surface area contributed by atoms with Crippen LogP contribution in [-0.2, 0) is 6.42 Å². The summed E-state index contributed by atoms with van der Waals surface area (Å²) in [5.74, 6) is 0.839. The molecule has 1 aromatic carbocycles. The normalized spacial score (nSPS) is 21.9. The summed E-state index contributed by atoms with van der Waals surface area (Å²) in [5.41, 5.74) is 1.15. The number of nitrogens with one attached hydrogen (secondary N) is 1. The molecule has 0 unspecified atom stereocenters. The summed E-state index contributed by atoms with van der Waals surface area (Å²) in [4.78, 5) is 2.50. The van der Waals surface area contributed by atoms with E-state index in [4.69, 9.17) is 0 Å². The van der Waals surface area contributed by atoms with E-state index in [9.17, 15) is 5.26 Å². The third-order valence-electron chi connectivity index (χ3n) is 4.91. The molecule has 1 saturated carbocycles. The predicted octanol–water partition coefficient (Wildman–Crippen LogP) is 2.59. The van der Waals surface area contributed by atoms with Crippen LogP contribution >= 0.6 is 0 Å². The summed E-state index contributed by atoms with van der Waals surface area (Å²) in [6, 6.07) is 13.2. The zero-order valence-corrected chi connectivity index (χ0v) is 12.7. The summed E-state index contributed by atoms with van der Waals surface area (Å²) < 4.78 is 0. The van der Waals surface area contributed by atoms with E-state index in [1.807, 2.05) is 0 Å². The molecule has 1 heterocycles. The smallest absolute Gasteiger partial charge is 0.109 e. The fraction of sp³-hybridized carbons (Fsp3) is 0.611. The fourth-order valence-corrected chi connectivity index (χ4v) is 3.08. The minimum Gasteiger partial charge on any atom is -0.303 e. The number of hydrogen-bond donors (Lipinski definition) is 1. The Kier molecular flexibility index (Phi) is 4.57.